The average molecular weight is 233 g/mol. The highest BCUT2D eigenvalue weighted by Gasteiger charge is 2.12. The molecule has 2 rings (SSSR count). The van der Waals surface area contributed by atoms with Gasteiger partial charge in [0.25, 0.3) is 0 Å². The SMILES string of the molecule is Cn1nnc(CC(Cc2ccccn2)NN)n1. The first kappa shape index (κ1) is 11.6. The quantitative estimate of drug-likeness (QED) is 0.520. The number of nitrogens with two attached hydrogens (primary N) is 1. The van der Waals surface area contributed by atoms with Gasteiger partial charge in [0, 0.05) is 30.8 Å². The highest BCUT2D eigenvalue weighted by atomic mass is 15.6. The maximum atomic E-state index is 5.51. The average Bonchev–Trinajstić information content (AvgIpc) is 2.75. The zero-order chi connectivity index (χ0) is 12.1. The van der Waals surface area contributed by atoms with Crippen LogP contribution in [0.2, 0.25) is 0 Å². The van der Waals surface area contributed by atoms with Crippen molar-refractivity contribution in [3.05, 3.63) is 35.9 Å². The summed E-state index contributed by atoms with van der Waals surface area (Å²) in [5.41, 5.74) is 3.74. The topological polar surface area (TPSA) is 94.5 Å². The summed E-state index contributed by atoms with van der Waals surface area (Å²) in [5, 5.41) is 11.8. The Kier molecular flexibility index (Phi) is 3.73. The summed E-state index contributed by atoms with van der Waals surface area (Å²) in [4.78, 5) is 5.69. The predicted octanol–water partition coefficient (Wildman–Crippen LogP) is -0.778. The Hall–Kier alpha value is -1.86. The van der Waals surface area contributed by atoms with Crippen LogP contribution in [0.4, 0.5) is 0 Å². The van der Waals surface area contributed by atoms with Crippen LogP contribution in [0.1, 0.15) is 11.5 Å². The van der Waals surface area contributed by atoms with Crippen molar-refractivity contribution in [1.29, 1.82) is 0 Å². The van der Waals surface area contributed by atoms with E-state index in [9.17, 15) is 0 Å². The first-order valence-corrected chi connectivity index (χ1v) is 5.37. The standard InChI is InChI=1S/C10H15N7/c1-17-15-10(14-16-17)7-9(13-11)6-8-4-2-3-5-12-8/h2-5,9,13H,6-7,11H2,1H3. The number of rotatable bonds is 5. The highest BCUT2D eigenvalue weighted by Crippen LogP contribution is 2.02. The van der Waals surface area contributed by atoms with Crippen molar-refractivity contribution in [2.45, 2.75) is 18.9 Å². The largest absolute Gasteiger partial charge is 0.271 e. The lowest BCUT2D eigenvalue weighted by Gasteiger charge is -2.12. The molecular weight excluding hydrogens is 218 g/mol. The van der Waals surface area contributed by atoms with Gasteiger partial charge in [-0.1, -0.05) is 6.07 Å². The summed E-state index contributed by atoms with van der Waals surface area (Å²) in [7, 11) is 1.74. The molecule has 0 bridgehead atoms. The fraction of sp³-hybridized carbons (Fsp3) is 0.400. The second-order valence-corrected chi connectivity index (χ2v) is 3.79. The number of aromatic nitrogens is 5. The van der Waals surface area contributed by atoms with Gasteiger partial charge in [-0.2, -0.15) is 4.80 Å². The number of tetrazole rings is 1. The van der Waals surface area contributed by atoms with E-state index in [4.69, 9.17) is 5.84 Å². The highest BCUT2D eigenvalue weighted by molar-refractivity contribution is 5.06. The molecule has 1 atom stereocenters. The second-order valence-electron chi connectivity index (χ2n) is 3.79. The summed E-state index contributed by atoms with van der Waals surface area (Å²) in [5.74, 6) is 6.19. The van der Waals surface area contributed by atoms with Gasteiger partial charge >= 0.3 is 0 Å². The Balaban J connectivity index is 1.98. The molecule has 7 nitrogen and oxygen atoms in total. The molecule has 0 amide bonds. The smallest absolute Gasteiger partial charge is 0.176 e. The molecular formula is C10H15N7. The molecule has 0 aliphatic rings. The van der Waals surface area contributed by atoms with E-state index in [2.05, 4.69) is 25.8 Å². The van der Waals surface area contributed by atoms with Gasteiger partial charge in [0.1, 0.15) is 0 Å². The predicted molar refractivity (Wildman–Crippen MR) is 61.6 cm³/mol. The molecule has 17 heavy (non-hydrogen) atoms. The number of aryl methyl sites for hydroxylation is 1. The molecule has 0 saturated carbocycles. The summed E-state index contributed by atoms with van der Waals surface area (Å²) < 4.78 is 0. The molecule has 2 aromatic rings. The fourth-order valence-electron chi connectivity index (χ4n) is 1.59. The third kappa shape index (κ3) is 3.30. The molecule has 0 radical (unpaired) electrons. The van der Waals surface area contributed by atoms with Crippen molar-refractivity contribution in [1.82, 2.24) is 30.6 Å². The van der Waals surface area contributed by atoms with Crippen molar-refractivity contribution in [3.63, 3.8) is 0 Å². The Morgan fingerprint density at radius 1 is 1.41 bits per heavy atom. The van der Waals surface area contributed by atoms with Crippen molar-refractivity contribution < 1.29 is 0 Å². The number of hydrogen-bond acceptors (Lipinski definition) is 6. The molecule has 2 heterocycles. The minimum atomic E-state index is 0.0501. The Labute approximate surface area is 99.0 Å². The van der Waals surface area contributed by atoms with Crippen LogP contribution in [-0.4, -0.2) is 31.2 Å². The van der Waals surface area contributed by atoms with E-state index in [0.29, 0.717) is 12.2 Å². The van der Waals surface area contributed by atoms with E-state index in [1.807, 2.05) is 18.2 Å². The van der Waals surface area contributed by atoms with Crippen LogP contribution in [0.3, 0.4) is 0 Å². The van der Waals surface area contributed by atoms with Crippen LogP contribution in [0.5, 0.6) is 0 Å². The lowest BCUT2D eigenvalue weighted by Crippen LogP contribution is -2.39. The Bertz CT molecular complexity index is 453. The zero-order valence-corrected chi connectivity index (χ0v) is 9.61. The molecule has 0 saturated heterocycles. The van der Waals surface area contributed by atoms with Gasteiger partial charge in [-0.05, 0) is 17.3 Å². The Morgan fingerprint density at radius 3 is 2.88 bits per heavy atom. The van der Waals surface area contributed by atoms with Crippen molar-refractivity contribution in [3.8, 4) is 0 Å². The van der Waals surface area contributed by atoms with Crippen LogP contribution in [-0.2, 0) is 19.9 Å². The van der Waals surface area contributed by atoms with Gasteiger partial charge in [-0.25, -0.2) is 0 Å². The van der Waals surface area contributed by atoms with E-state index in [0.717, 1.165) is 12.1 Å². The van der Waals surface area contributed by atoms with Crippen LogP contribution >= 0.6 is 0 Å². The maximum Gasteiger partial charge on any atom is 0.176 e. The van der Waals surface area contributed by atoms with Gasteiger partial charge in [0.05, 0.1) is 7.05 Å². The normalized spacial score (nSPS) is 12.6. The molecule has 0 spiro atoms. The molecule has 2 aromatic heterocycles. The van der Waals surface area contributed by atoms with Crippen molar-refractivity contribution in [2.75, 3.05) is 0 Å². The number of nitrogens with one attached hydrogen (secondary N) is 1. The van der Waals surface area contributed by atoms with Crippen molar-refractivity contribution >= 4 is 0 Å². The van der Waals surface area contributed by atoms with Crippen LogP contribution in [0.15, 0.2) is 24.4 Å². The van der Waals surface area contributed by atoms with E-state index < -0.39 is 0 Å². The minimum Gasteiger partial charge on any atom is -0.271 e. The van der Waals surface area contributed by atoms with Crippen LogP contribution in [0, 0.1) is 0 Å². The molecule has 0 aliphatic heterocycles. The maximum absolute atomic E-state index is 5.51. The summed E-state index contributed by atoms with van der Waals surface area (Å²) in [6, 6.07) is 5.86. The lowest BCUT2D eigenvalue weighted by atomic mass is 10.1. The third-order valence-corrected chi connectivity index (χ3v) is 2.40. The van der Waals surface area contributed by atoms with Gasteiger partial charge in [0.15, 0.2) is 5.82 Å². The van der Waals surface area contributed by atoms with E-state index in [-0.39, 0.29) is 6.04 Å². The van der Waals surface area contributed by atoms with Gasteiger partial charge in [0.2, 0.25) is 0 Å². The van der Waals surface area contributed by atoms with E-state index >= 15 is 0 Å². The summed E-state index contributed by atoms with van der Waals surface area (Å²) in [6.45, 7) is 0. The van der Waals surface area contributed by atoms with Gasteiger partial charge in [-0.3, -0.25) is 16.3 Å². The third-order valence-electron chi connectivity index (χ3n) is 2.40. The van der Waals surface area contributed by atoms with E-state index in [1.54, 1.807) is 13.2 Å². The monoisotopic (exact) mass is 233 g/mol. The second kappa shape index (κ2) is 5.46. The number of hydrazine groups is 1. The van der Waals surface area contributed by atoms with E-state index in [1.165, 1.54) is 4.80 Å². The zero-order valence-electron chi connectivity index (χ0n) is 9.61. The van der Waals surface area contributed by atoms with Gasteiger partial charge in [-0.15, -0.1) is 10.2 Å². The molecule has 90 valence electrons. The number of nitrogens with zero attached hydrogens (tertiary/aromatic N) is 5. The van der Waals surface area contributed by atoms with Crippen molar-refractivity contribution in [2.24, 2.45) is 12.9 Å². The van der Waals surface area contributed by atoms with Crippen LogP contribution in [0.25, 0.3) is 0 Å². The first-order valence-electron chi connectivity index (χ1n) is 5.37. The molecule has 3 N–H and O–H groups in total. The number of hydrogen-bond donors (Lipinski definition) is 2. The van der Waals surface area contributed by atoms with Gasteiger partial charge < -0.3 is 0 Å². The molecule has 7 heteroatoms. The molecule has 1 unspecified atom stereocenters. The molecule has 0 aliphatic carbocycles. The Morgan fingerprint density at radius 2 is 2.29 bits per heavy atom. The first-order chi connectivity index (χ1) is 8.28. The van der Waals surface area contributed by atoms with Crippen LogP contribution < -0.4 is 11.3 Å². The summed E-state index contributed by atoms with van der Waals surface area (Å²) in [6.07, 6.45) is 3.12. The minimum absolute atomic E-state index is 0.0501. The lowest BCUT2D eigenvalue weighted by molar-refractivity contribution is 0.505. The molecule has 0 aromatic carbocycles. The number of pyridine rings is 1. The summed E-state index contributed by atoms with van der Waals surface area (Å²) >= 11 is 0. The fourth-order valence-corrected chi connectivity index (χ4v) is 1.59. The molecule has 0 fully saturated rings.